The molecule has 5 nitrogen and oxygen atoms in total. The number of nitrogens with one attached hydrogen (secondary N) is 1. The van der Waals surface area contributed by atoms with Crippen LogP contribution in [0.15, 0.2) is 24.3 Å². The van der Waals surface area contributed by atoms with Crippen molar-refractivity contribution in [2.45, 2.75) is 32.9 Å². The molecule has 1 N–H and O–H groups in total. The number of piperazine rings is 1. The Balaban J connectivity index is 1.46. The molecular weight excluding hydrogens is 298 g/mol. The lowest BCUT2D eigenvalue weighted by molar-refractivity contribution is 0.152. The third kappa shape index (κ3) is 4.35. The minimum absolute atomic E-state index is 0.859. The molecule has 1 aliphatic heterocycles. The van der Waals surface area contributed by atoms with Gasteiger partial charge in [-0.2, -0.15) is 0 Å². The summed E-state index contributed by atoms with van der Waals surface area (Å²) in [4.78, 5) is 9.80. The van der Waals surface area contributed by atoms with Crippen LogP contribution in [-0.4, -0.2) is 65.7 Å². The highest BCUT2D eigenvalue weighted by Gasteiger charge is 2.13. The van der Waals surface area contributed by atoms with E-state index >= 15 is 0 Å². The maximum Gasteiger partial charge on any atom is 0.123 e. The molecule has 0 radical (unpaired) electrons. The van der Waals surface area contributed by atoms with Crippen LogP contribution in [-0.2, 0) is 13.1 Å². The molecule has 3 rings (SSSR count). The second-order valence-electron chi connectivity index (χ2n) is 6.84. The van der Waals surface area contributed by atoms with E-state index in [0.717, 1.165) is 37.4 Å². The third-order valence-electron chi connectivity index (χ3n) is 4.89. The first-order valence-electron chi connectivity index (χ1n) is 9.33. The van der Waals surface area contributed by atoms with Crippen molar-refractivity contribution in [1.29, 1.82) is 0 Å². The second kappa shape index (κ2) is 8.60. The van der Waals surface area contributed by atoms with Crippen molar-refractivity contribution in [2.75, 3.05) is 46.3 Å². The smallest absolute Gasteiger partial charge is 0.123 e. The van der Waals surface area contributed by atoms with Crippen molar-refractivity contribution >= 4 is 11.0 Å². The van der Waals surface area contributed by atoms with E-state index in [1.54, 1.807) is 0 Å². The van der Waals surface area contributed by atoms with Crippen LogP contribution < -0.4 is 5.32 Å². The Hall–Kier alpha value is -1.43. The highest BCUT2D eigenvalue weighted by molar-refractivity contribution is 5.75. The van der Waals surface area contributed by atoms with Gasteiger partial charge in [-0.15, -0.1) is 0 Å². The van der Waals surface area contributed by atoms with Crippen molar-refractivity contribution in [3.63, 3.8) is 0 Å². The van der Waals surface area contributed by atoms with E-state index in [1.165, 1.54) is 44.7 Å². The van der Waals surface area contributed by atoms with Crippen LogP contribution in [0.1, 0.15) is 25.6 Å². The summed E-state index contributed by atoms with van der Waals surface area (Å²) in [5.41, 5.74) is 2.37. The summed E-state index contributed by atoms with van der Waals surface area (Å²) in [5.74, 6) is 1.16. The highest BCUT2D eigenvalue weighted by atomic mass is 15.2. The van der Waals surface area contributed by atoms with Crippen molar-refractivity contribution in [1.82, 2.24) is 24.7 Å². The molecule has 1 aromatic heterocycles. The fourth-order valence-electron chi connectivity index (χ4n) is 3.43. The number of hydrogen-bond acceptors (Lipinski definition) is 4. The van der Waals surface area contributed by atoms with Gasteiger partial charge in [0.15, 0.2) is 0 Å². The van der Waals surface area contributed by atoms with Gasteiger partial charge in [0.1, 0.15) is 5.82 Å². The van der Waals surface area contributed by atoms with E-state index in [-0.39, 0.29) is 0 Å². The molecule has 24 heavy (non-hydrogen) atoms. The molecule has 132 valence electrons. The zero-order chi connectivity index (χ0) is 16.8. The van der Waals surface area contributed by atoms with E-state index in [1.807, 2.05) is 0 Å². The van der Waals surface area contributed by atoms with Crippen LogP contribution in [0.5, 0.6) is 0 Å². The van der Waals surface area contributed by atoms with E-state index < -0.39 is 0 Å². The molecule has 0 aliphatic carbocycles. The van der Waals surface area contributed by atoms with Crippen LogP contribution in [0.4, 0.5) is 0 Å². The van der Waals surface area contributed by atoms with Gasteiger partial charge in [0.2, 0.25) is 0 Å². The van der Waals surface area contributed by atoms with Crippen molar-refractivity contribution < 1.29 is 0 Å². The molecule has 1 fully saturated rings. The summed E-state index contributed by atoms with van der Waals surface area (Å²) < 4.78 is 2.36. The average molecular weight is 329 g/mol. The first-order valence-corrected chi connectivity index (χ1v) is 9.33. The number of fused-ring (bicyclic) bond motifs is 1. The first kappa shape index (κ1) is 17.4. The summed E-state index contributed by atoms with van der Waals surface area (Å²) in [7, 11) is 2.21. The standard InChI is InChI=1S/C19H31N5/c1-3-10-24-18-8-5-4-7-17(18)21-19(24)16-20-9-6-11-23-14-12-22(2)13-15-23/h4-5,7-8,20H,3,6,9-16H2,1-2H3. The van der Waals surface area contributed by atoms with Crippen LogP contribution in [0.2, 0.25) is 0 Å². The van der Waals surface area contributed by atoms with E-state index in [0.29, 0.717) is 0 Å². The van der Waals surface area contributed by atoms with Gasteiger partial charge in [-0.3, -0.25) is 0 Å². The number of likely N-dealkylation sites (N-methyl/N-ethyl adjacent to an activating group) is 1. The topological polar surface area (TPSA) is 36.3 Å². The van der Waals surface area contributed by atoms with Gasteiger partial charge in [0.05, 0.1) is 17.6 Å². The molecule has 5 heteroatoms. The predicted molar refractivity (Wildman–Crippen MR) is 100 cm³/mol. The van der Waals surface area contributed by atoms with Gasteiger partial charge < -0.3 is 19.7 Å². The monoisotopic (exact) mass is 329 g/mol. The number of hydrogen-bond donors (Lipinski definition) is 1. The Bertz CT molecular complexity index is 628. The van der Waals surface area contributed by atoms with Crippen LogP contribution in [0, 0.1) is 0 Å². The predicted octanol–water partition coefficient (Wildman–Crippen LogP) is 2.17. The van der Waals surface area contributed by atoms with E-state index in [2.05, 4.69) is 57.9 Å². The fourth-order valence-corrected chi connectivity index (χ4v) is 3.43. The fraction of sp³-hybridized carbons (Fsp3) is 0.632. The summed E-state index contributed by atoms with van der Waals surface area (Å²) >= 11 is 0. The molecule has 1 aromatic carbocycles. The van der Waals surface area contributed by atoms with Crippen molar-refractivity contribution in [3.05, 3.63) is 30.1 Å². The van der Waals surface area contributed by atoms with E-state index in [4.69, 9.17) is 4.98 Å². The Kier molecular flexibility index (Phi) is 6.24. The average Bonchev–Trinajstić information content (AvgIpc) is 2.94. The number of benzene rings is 1. The first-order chi connectivity index (χ1) is 11.8. The molecule has 1 aliphatic rings. The van der Waals surface area contributed by atoms with Gasteiger partial charge in [0, 0.05) is 32.7 Å². The molecular formula is C19H31N5. The van der Waals surface area contributed by atoms with Gasteiger partial charge in [-0.1, -0.05) is 19.1 Å². The van der Waals surface area contributed by atoms with Gasteiger partial charge in [-0.25, -0.2) is 4.98 Å². The molecule has 0 spiro atoms. The summed E-state index contributed by atoms with van der Waals surface area (Å²) in [5, 5.41) is 3.59. The number of imidazole rings is 1. The number of aryl methyl sites for hydroxylation is 1. The largest absolute Gasteiger partial charge is 0.327 e. The third-order valence-corrected chi connectivity index (χ3v) is 4.89. The SMILES string of the molecule is CCCn1c(CNCCCN2CCN(C)CC2)nc2ccccc21. The summed E-state index contributed by atoms with van der Waals surface area (Å²) in [6, 6.07) is 8.45. The minimum atomic E-state index is 0.859. The molecule has 2 aromatic rings. The second-order valence-corrected chi connectivity index (χ2v) is 6.84. The van der Waals surface area contributed by atoms with Crippen molar-refractivity contribution in [3.8, 4) is 0 Å². The lowest BCUT2D eigenvalue weighted by atomic mass is 10.3. The normalized spacial score (nSPS) is 16.9. The Labute approximate surface area is 145 Å². The molecule has 1 saturated heterocycles. The van der Waals surface area contributed by atoms with Gasteiger partial charge >= 0.3 is 0 Å². The van der Waals surface area contributed by atoms with E-state index in [9.17, 15) is 0 Å². The Morgan fingerprint density at radius 1 is 1.08 bits per heavy atom. The highest BCUT2D eigenvalue weighted by Crippen LogP contribution is 2.16. The number of rotatable bonds is 8. The lowest BCUT2D eigenvalue weighted by Crippen LogP contribution is -2.45. The van der Waals surface area contributed by atoms with Crippen LogP contribution in [0.25, 0.3) is 11.0 Å². The quantitative estimate of drug-likeness (QED) is 0.753. The molecule has 0 unspecified atom stereocenters. The maximum atomic E-state index is 4.81. The minimum Gasteiger partial charge on any atom is -0.327 e. The number of nitrogens with zero attached hydrogens (tertiary/aromatic N) is 4. The van der Waals surface area contributed by atoms with Gasteiger partial charge in [0.25, 0.3) is 0 Å². The number of aromatic nitrogens is 2. The zero-order valence-corrected chi connectivity index (χ0v) is 15.2. The molecule has 2 heterocycles. The Morgan fingerprint density at radius 3 is 2.67 bits per heavy atom. The van der Waals surface area contributed by atoms with Crippen molar-refractivity contribution in [2.24, 2.45) is 0 Å². The molecule has 0 amide bonds. The van der Waals surface area contributed by atoms with Crippen LogP contribution in [0.3, 0.4) is 0 Å². The molecule has 0 bridgehead atoms. The Morgan fingerprint density at radius 2 is 1.88 bits per heavy atom. The summed E-state index contributed by atoms with van der Waals surface area (Å²) in [6.45, 7) is 11.2. The van der Waals surface area contributed by atoms with Gasteiger partial charge in [-0.05, 0) is 45.1 Å². The lowest BCUT2D eigenvalue weighted by Gasteiger charge is -2.32. The molecule has 0 saturated carbocycles. The maximum absolute atomic E-state index is 4.81. The molecule has 0 atom stereocenters. The summed E-state index contributed by atoms with van der Waals surface area (Å²) in [6.07, 6.45) is 2.34. The zero-order valence-electron chi connectivity index (χ0n) is 15.2. The van der Waals surface area contributed by atoms with Crippen LogP contribution >= 0.6 is 0 Å². The number of para-hydroxylation sites is 2.